The smallest absolute Gasteiger partial charge is 0.264 e. The van der Waals surface area contributed by atoms with Crippen molar-refractivity contribution in [3.05, 3.63) is 33.0 Å². The van der Waals surface area contributed by atoms with Gasteiger partial charge in [-0.1, -0.05) is 11.6 Å². The Kier molecular flexibility index (Phi) is 2.76. The molecule has 0 spiro atoms. The Morgan fingerprint density at radius 1 is 1.29 bits per heavy atom. The second-order valence-electron chi connectivity index (χ2n) is 2.49. The summed E-state index contributed by atoms with van der Waals surface area (Å²) in [5, 5.41) is 4.20. The lowest BCUT2D eigenvalue weighted by atomic mass is 10.2. The molecule has 6 heteroatoms. The predicted octanol–water partition coefficient (Wildman–Crippen LogP) is 3.81. The minimum Gasteiger partial charge on any atom is -0.333 e. The molecule has 0 radical (unpaired) electrons. The molecule has 3 nitrogen and oxygen atoms in total. The largest absolute Gasteiger partial charge is 0.333 e. The molecule has 1 aromatic carbocycles. The number of halogens is 3. The molecule has 0 aliphatic carbocycles. The molecule has 0 aliphatic heterocycles. The summed E-state index contributed by atoms with van der Waals surface area (Å²) in [4.78, 5) is 3.89. The van der Waals surface area contributed by atoms with Gasteiger partial charge in [0.1, 0.15) is 0 Å². The molecule has 0 amide bonds. The summed E-state index contributed by atoms with van der Waals surface area (Å²) in [5.41, 5.74) is 0.758. The average Bonchev–Trinajstić information content (AvgIpc) is 2.51. The van der Waals surface area contributed by atoms with Crippen LogP contribution in [0.25, 0.3) is 11.5 Å². The van der Waals surface area contributed by atoms with Gasteiger partial charge < -0.3 is 4.52 Å². The van der Waals surface area contributed by atoms with E-state index in [4.69, 9.17) is 27.7 Å². The Hall–Kier alpha value is -0.580. The van der Waals surface area contributed by atoms with Crippen molar-refractivity contribution < 1.29 is 4.52 Å². The summed E-state index contributed by atoms with van der Waals surface area (Å²) in [5.74, 6) is 0.360. The lowest BCUT2D eigenvalue weighted by Crippen LogP contribution is -1.79. The van der Waals surface area contributed by atoms with Gasteiger partial charge in [0.15, 0.2) is 0 Å². The number of hydrogen-bond donors (Lipinski definition) is 0. The van der Waals surface area contributed by atoms with E-state index < -0.39 is 0 Å². The first-order valence-corrected chi connectivity index (χ1v) is 5.16. The highest BCUT2D eigenvalue weighted by molar-refractivity contribution is 9.10. The number of aromatic nitrogens is 2. The third-order valence-corrected chi connectivity index (χ3v) is 2.61. The molecule has 72 valence electrons. The van der Waals surface area contributed by atoms with Gasteiger partial charge in [-0.25, -0.2) is 0 Å². The molecule has 2 rings (SSSR count). The Labute approximate surface area is 98.1 Å². The fourth-order valence-electron chi connectivity index (χ4n) is 0.978. The average molecular weight is 294 g/mol. The van der Waals surface area contributed by atoms with Crippen molar-refractivity contribution in [2.24, 2.45) is 0 Å². The number of nitrogens with zero attached hydrogens (tertiary/aromatic N) is 2. The van der Waals surface area contributed by atoms with Gasteiger partial charge in [0.05, 0.1) is 5.56 Å². The van der Waals surface area contributed by atoms with Crippen LogP contribution in [0.2, 0.25) is 10.3 Å². The summed E-state index contributed by atoms with van der Waals surface area (Å²) in [6.45, 7) is 0. The van der Waals surface area contributed by atoms with E-state index >= 15 is 0 Å². The Bertz CT molecular complexity index is 472. The molecule has 0 saturated heterocycles. The van der Waals surface area contributed by atoms with Gasteiger partial charge >= 0.3 is 0 Å². The van der Waals surface area contributed by atoms with Crippen molar-refractivity contribution in [2.45, 2.75) is 0 Å². The van der Waals surface area contributed by atoms with E-state index in [9.17, 15) is 0 Å². The van der Waals surface area contributed by atoms with Crippen molar-refractivity contribution >= 4 is 39.1 Å². The fraction of sp³-hybridized carbons (Fsp3) is 0. The van der Waals surface area contributed by atoms with Gasteiger partial charge in [0, 0.05) is 9.50 Å². The van der Waals surface area contributed by atoms with E-state index in [1.165, 1.54) is 0 Å². The highest BCUT2D eigenvalue weighted by atomic mass is 79.9. The van der Waals surface area contributed by atoms with Crippen molar-refractivity contribution in [3.63, 3.8) is 0 Å². The van der Waals surface area contributed by atoms with Gasteiger partial charge in [-0.15, -0.1) is 0 Å². The molecule has 14 heavy (non-hydrogen) atoms. The van der Waals surface area contributed by atoms with E-state index in [1.807, 2.05) is 0 Å². The Balaban J connectivity index is 2.52. The maximum atomic E-state index is 5.79. The Morgan fingerprint density at radius 2 is 2.07 bits per heavy atom. The standard InChI is InChI=1S/C8H3BrCl2N2O/c9-6-3-4(10)1-2-5(6)7-12-8(11)13-14-7/h1-3H. The maximum absolute atomic E-state index is 5.79. The normalized spacial score (nSPS) is 10.5. The molecule has 0 saturated carbocycles. The van der Waals surface area contributed by atoms with Crippen LogP contribution in [0.4, 0.5) is 0 Å². The zero-order valence-corrected chi connectivity index (χ0v) is 9.77. The van der Waals surface area contributed by atoms with Crippen molar-refractivity contribution in [2.75, 3.05) is 0 Å². The third-order valence-electron chi connectivity index (χ3n) is 1.56. The third kappa shape index (κ3) is 1.92. The van der Waals surface area contributed by atoms with Crippen molar-refractivity contribution in [1.29, 1.82) is 0 Å². The van der Waals surface area contributed by atoms with Crippen LogP contribution in [0.1, 0.15) is 0 Å². The van der Waals surface area contributed by atoms with Crippen molar-refractivity contribution in [1.82, 2.24) is 10.1 Å². The summed E-state index contributed by atoms with van der Waals surface area (Å²) in [6, 6.07) is 5.25. The molecule has 0 atom stereocenters. The van der Waals surface area contributed by atoms with Gasteiger partial charge in [-0.3, -0.25) is 0 Å². The monoisotopic (exact) mass is 292 g/mol. The van der Waals surface area contributed by atoms with Crippen LogP contribution in [0.3, 0.4) is 0 Å². The Morgan fingerprint density at radius 3 is 2.64 bits per heavy atom. The molecule has 0 unspecified atom stereocenters. The van der Waals surface area contributed by atoms with E-state index in [-0.39, 0.29) is 5.28 Å². The van der Waals surface area contributed by atoms with E-state index in [0.717, 1.165) is 10.0 Å². The van der Waals surface area contributed by atoms with Crippen LogP contribution in [-0.2, 0) is 0 Å². The van der Waals surface area contributed by atoms with Crippen LogP contribution >= 0.6 is 39.1 Å². The molecule has 0 aliphatic rings. The summed E-state index contributed by atoms with van der Waals surface area (Å²) >= 11 is 14.7. The fourth-order valence-corrected chi connectivity index (χ4v) is 1.94. The van der Waals surface area contributed by atoms with Crippen LogP contribution in [0.5, 0.6) is 0 Å². The second-order valence-corrected chi connectivity index (χ2v) is 4.12. The molecule has 0 fully saturated rings. The van der Waals surface area contributed by atoms with E-state index in [1.54, 1.807) is 18.2 Å². The zero-order valence-electron chi connectivity index (χ0n) is 6.67. The minimum absolute atomic E-state index is 0.0850. The van der Waals surface area contributed by atoms with Gasteiger partial charge in [0.2, 0.25) is 0 Å². The molecule has 1 heterocycles. The van der Waals surface area contributed by atoms with Crippen molar-refractivity contribution in [3.8, 4) is 11.5 Å². The topological polar surface area (TPSA) is 38.9 Å². The first kappa shape index (κ1) is 9.96. The first-order valence-electron chi connectivity index (χ1n) is 3.61. The SMILES string of the molecule is Clc1ccc(-c2nc(Cl)no2)c(Br)c1. The summed E-state index contributed by atoms with van der Waals surface area (Å²) < 4.78 is 5.69. The first-order chi connectivity index (χ1) is 6.66. The van der Waals surface area contributed by atoms with E-state index in [0.29, 0.717) is 10.9 Å². The highest BCUT2D eigenvalue weighted by Crippen LogP contribution is 2.29. The number of hydrogen-bond acceptors (Lipinski definition) is 3. The number of benzene rings is 1. The number of rotatable bonds is 1. The summed E-state index contributed by atoms with van der Waals surface area (Å²) in [7, 11) is 0. The molecular formula is C8H3BrCl2N2O. The zero-order chi connectivity index (χ0) is 10.1. The van der Waals surface area contributed by atoms with Gasteiger partial charge in [0.25, 0.3) is 11.2 Å². The second kappa shape index (κ2) is 3.88. The summed E-state index contributed by atoms with van der Waals surface area (Å²) in [6.07, 6.45) is 0. The van der Waals surface area contributed by atoms with E-state index in [2.05, 4.69) is 26.1 Å². The maximum Gasteiger partial charge on any atom is 0.264 e. The van der Waals surface area contributed by atoms with Crippen LogP contribution in [0, 0.1) is 0 Å². The molecular weight excluding hydrogens is 291 g/mol. The molecule has 2 aromatic rings. The van der Waals surface area contributed by atoms with Gasteiger partial charge in [-0.05, 0) is 50.9 Å². The van der Waals surface area contributed by atoms with Crippen LogP contribution < -0.4 is 0 Å². The molecule has 0 bridgehead atoms. The molecule has 0 N–H and O–H groups in total. The minimum atomic E-state index is 0.0850. The molecule has 1 aromatic heterocycles. The van der Waals surface area contributed by atoms with Crippen LogP contribution in [-0.4, -0.2) is 10.1 Å². The predicted molar refractivity (Wildman–Crippen MR) is 57.5 cm³/mol. The van der Waals surface area contributed by atoms with Crippen LogP contribution in [0.15, 0.2) is 27.2 Å². The lowest BCUT2D eigenvalue weighted by molar-refractivity contribution is 0.430. The van der Waals surface area contributed by atoms with Gasteiger partial charge in [-0.2, -0.15) is 4.98 Å². The lowest BCUT2D eigenvalue weighted by Gasteiger charge is -1.98. The quantitative estimate of drug-likeness (QED) is 0.802. The highest BCUT2D eigenvalue weighted by Gasteiger charge is 2.10.